The number of aliphatic hydroxyl groups is 1. The topological polar surface area (TPSA) is 20.2 Å². The van der Waals surface area contributed by atoms with Crippen molar-refractivity contribution in [2.24, 2.45) is 0 Å². The molecule has 0 aromatic heterocycles. The molecule has 0 amide bonds. The Balaban J connectivity index is 2.55. The van der Waals surface area contributed by atoms with Crippen molar-refractivity contribution in [3.05, 3.63) is 35.1 Å². The Morgan fingerprint density at radius 2 is 2.08 bits per heavy atom. The first-order valence-electron chi connectivity index (χ1n) is 4.11. The van der Waals surface area contributed by atoms with E-state index in [9.17, 15) is 9.50 Å². The van der Waals surface area contributed by atoms with Gasteiger partial charge in [-0.05, 0) is 31.4 Å². The van der Waals surface area contributed by atoms with Crippen LogP contribution in [0.1, 0.15) is 24.0 Å². The monoisotopic (exact) mass is 166 g/mol. The molecule has 2 rings (SSSR count). The summed E-state index contributed by atoms with van der Waals surface area (Å²) in [5.41, 5.74) is 0.482. The van der Waals surface area contributed by atoms with Gasteiger partial charge in [-0.15, -0.1) is 0 Å². The van der Waals surface area contributed by atoms with E-state index in [0.29, 0.717) is 18.4 Å². The molecule has 1 saturated carbocycles. The lowest BCUT2D eigenvalue weighted by Gasteiger charge is -2.11. The summed E-state index contributed by atoms with van der Waals surface area (Å²) in [4.78, 5) is 0. The summed E-state index contributed by atoms with van der Waals surface area (Å²) in [5, 5.41) is 9.72. The van der Waals surface area contributed by atoms with Crippen LogP contribution >= 0.6 is 0 Å². The van der Waals surface area contributed by atoms with Crippen molar-refractivity contribution in [1.82, 2.24) is 0 Å². The summed E-state index contributed by atoms with van der Waals surface area (Å²) < 4.78 is 13.2. The normalized spacial score (nSPS) is 19.2. The zero-order chi connectivity index (χ0) is 8.77. The molecule has 1 fully saturated rings. The molecule has 0 atom stereocenters. The Labute approximate surface area is 70.8 Å². The fraction of sp³-hybridized carbons (Fsp3) is 0.400. The average molecular weight is 166 g/mol. The minimum Gasteiger partial charge on any atom is -0.385 e. The highest BCUT2D eigenvalue weighted by atomic mass is 19.1. The van der Waals surface area contributed by atoms with Crippen molar-refractivity contribution in [2.45, 2.75) is 25.4 Å². The van der Waals surface area contributed by atoms with Crippen LogP contribution in [0.4, 0.5) is 4.39 Å². The molecule has 0 radical (unpaired) electrons. The van der Waals surface area contributed by atoms with Gasteiger partial charge in [-0.1, -0.05) is 12.1 Å². The van der Waals surface area contributed by atoms with Gasteiger partial charge >= 0.3 is 0 Å². The van der Waals surface area contributed by atoms with Crippen molar-refractivity contribution in [1.29, 1.82) is 0 Å². The second-order valence-corrected chi connectivity index (χ2v) is 3.46. The molecule has 1 aromatic carbocycles. The van der Waals surface area contributed by atoms with Crippen molar-refractivity contribution < 1.29 is 9.50 Å². The summed E-state index contributed by atoms with van der Waals surface area (Å²) in [6, 6.07) is 4.90. The molecule has 0 spiro atoms. The van der Waals surface area contributed by atoms with E-state index in [1.165, 1.54) is 6.07 Å². The van der Waals surface area contributed by atoms with Crippen LogP contribution in [0.2, 0.25) is 0 Å². The third-order valence-corrected chi connectivity index (χ3v) is 2.41. The molecule has 2 heteroatoms. The maximum atomic E-state index is 13.2. The predicted octanol–water partition coefficient (Wildman–Crippen LogP) is 2.12. The van der Waals surface area contributed by atoms with Gasteiger partial charge in [0.25, 0.3) is 0 Å². The van der Waals surface area contributed by atoms with Gasteiger partial charge in [0.15, 0.2) is 0 Å². The number of hydrogen-bond donors (Lipinski definition) is 1. The van der Waals surface area contributed by atoms with E-state index in [1.807, 2.05) is 13.0 Å². The first-order valence-corrected chi connectivity index (χ1v) is 4.11. The van der Waals surface area contributed by atoms with Crippen molar-refractivity contribution in [3.8, 4) is 0 Å². The molecule has 12 heavy (non-hydrogen) atoms. The van der Waals surface area contributed by atoms with E-state index in [0.717, 1.165) is 5.56 Å². The van der Waals surface area contributed by atoms with Crippen LogP contribution < -0.4 is 0 Å². The molecule has 0 aliphatic heterocycles. The maximum Gasteiger partial charge on any atom is 0.129 e. The number of halogens is 1. The zero-order valence-corrected chi connectivity index (χ0v) is 6.97. The van der Waals surface area contributed by atoms with Crippen molar-refractivity contribution >= 4 is 0 Å². The molecule has 1 aliphatic rings. The fourth-order valence-corrected chi connectivity index (χ4v) is 1.59. The zero-order valence-electron chi connectivity index (χ0n) is 6.97. The molecule has 1 aliphatic carbocycles. The minimum atomic E-state index is -0.852. The number of hydrogen-bond acceptors (Lipinski definition) is 1. The van der Waals surface area contributed by atoms with Gasteiger partial charge in [0.1, 0.15) is 5.82 Å². The summed E-state index contributed by atoms with van der Waals surface area (Å²) in [6.45, 7) is 1.83. The number of rotatable bonds is 1. The van der Waals surface area contributed by atoms with Gasteiger partial charge in [-0.3, -0.25) is 0 Å². The molecule has 0 heterocycles. The van der Waals surface area contributed by atoms with E-state index in [-0.39, 0.29) is 5.82 Å². The van der Waals surface area contributed by atoms with Crippen molar-refractivity contribution in [2.75, 3.05) is 0 Å². The van der Waals surface area contributed by atoms with E-state index >= 15 is 0 Å². The number of aryl methyl sites for hydroxylation is 1. The van der Waals surface area contributed by atoms with Gasteiger partial charge in [-0.25, -0.2) is 4.39 Å². The van der Waals surface area contributed by atoms with E-state index in [2.05, 4.69) is 0 Å². The van der Waals surface area contributed by atoms with E-state index in [1.54, 1.807) is 6.07 Å². The maximum absolute atomic E-state index is 13.2. The smallest absolute Gasteiger partial charge is 0.129 e. The second kappa shape index (κ2) is 2.30. The van der Waals surface area contributed by atoms with E-state index < -0.39 is 5.60 Å². The molecule has 0 bridgehead atoms. The van der Waals surface area contributed by atoms with Crippen LogP contribution in [-0.2, 0) is 5.60 Å². The quantitative estimate of drug-likeness (QED) is 0.677. The SMILES string of the molecule is Cc1cccc(F)c1C1(O)CC1. The van der Waals surface area contributed by atoms with Gasteiger partial charge in [-0.2, -0.15) is 0 Å². The van der Waals surface area contributed by atoms with Crippen molar-refractivity contribution in [3.63, 3.8) is 0 Å². The van der Waals surface area contributed by atoms with Crippen LogP contribution in [0.15, 0.2) is 18.2 Å². The largest absolute Gasteiger partial charge is 0.385 e. The standard InChI is InChI=1S/C10H11FO/c1-7-3-2-4-8(11)9(7)10(12)5-6-10/h2-4,12H,5-6H2,1H3. The van der Waals surface area contributed by atoms with Crippen LogP contribution in [-0.4, -0.2) is 5.11 Å². The molecule has 0 unspecified atom stereocenters. The highest BCUT2D eigenvalue weighted by molar-refractivity contribution is 5.36. The van der Waals surface area contributed by atoms with Gasteiger partial charge < -0.3 is 5.11 Å². The van der Waals surface area contributed by atoms with Gasteiger partial charge in [0.05, 0.1) is 5.60 Å². The lowest BCUT2D eigenvalue weighted by atomic mass is 10.0. The second-order valence-electron chi connectivity index (χ2n) is 3.46. The predicted molar refractivity (Wildman–Crippen MR) is 44.3 cm³/mol. The molecule has 0 saturated heterocycles. The lowest BCUT2D eigenvalue weighted by Crippen LogP contribution is -2.09. The summed E-state index contributed by atoms with van der Waals surface area (Å²) in [5.74, 6) is -0.282. The van der Waals surface area contributed by atoms with Crippen LogP contribution in [0.5, 0.6) is 0 Å². The Morgan fingerprint density at radius 3 is 2.58 bits per heavy atom. The van der Waals surface area contributed by atoms with Crippen LogP contribution in [0.3, 0.4) is 0 Å². The molecular formula is C10H11FO. The van der Waals surface area contributed by atoms with Crippen LogP contribution in [0, 0.1) is 12.7 Å². The summed E-state index contributed by atoms with van der Waals surface area (Å²) >= 11 is 0. The Kier molecular flexibility index (Phi) is 1.48. The minimum absolute atomic E-state index is 0.282. The molecule has 1 nitrogen and oxygen atoms in total. The average Bonchev–Trinajstić information content (AvgIpc) is 2.68. The third-order valence-electron chi connectivity index (χ3n) is 2.41. The first-order chi connectivity index (χ1) is 5.63. The highest BCUT2D eigenvalue weighted by Gasteiger charge is 2.44. The lowest BCUT2D eigenvalue weighted by molar-refractivity contribution is 0.146. The Bertz CT molecular complexity index is 295. The summed E-state index contributed by atoms with van der Waals surface area (Å²) in [6.07, 6.45) is 1.38. The molecule has 1 aromatic rings. The fourth-order valence-electron chi connectivity index (χ4n) is 1.59. The van der Waals surface area contributed by atoms with E-state index in [4.69, 9.17) is 0 Å². The molecule has 64 valence electrons. The van der Waals surface area contributed by atoms with Gasteiger partial charge in [0.2, 0.25) is 0 Å². The highest BCUT2D eigenvalue weighted by Crippen LogP contribution is 2.47. The number of benzene rings is 1. The molecular weight excluding hydrogens is 155 g/mol. The summed E-state index contributed by atoms with van der Waals surface area (Å²) in [7, 11) is 0. The first kappa shape index (κ1) is 7.74. The Morgan fingerprint density at radius 1 is 1.42 bits per heavy atom. The third kappa shape index (κ3) is 1.03. The van der Waals surface area contributed by atoms with Gasteiger partial charge in [0, 0.05) is 5.56 Å². The van der Waals surface area contributed by atoms with Crippen LogP contribution in [0.25, 0.3) is 0 Å². The molecule has 1 N–H and O–H groups in total. The Hall–Kier alpha value is -0.890.